The van der Waals surface area contributed by atoms with Gasteiger partial charge in [-0.3, -0.25) is 0 Å². The molecule has 82 valence electrons. The summed E-state index contributed by atoms with van der Waals surface area (Å²) in [4.78, 5) is 11.5. The lowest BCUT2D eigenvalue weighted by atomic mass is 10.1. The first-order valence-corrected chi connectivity index (χ1v) is 4.99. The normalized spacial score (nSPS) is 9.87. The molecule has 3 nitrogen and oxygen atoms in total. The van der Waals surface area contributed by atoms with Crippen LogP contribution in [0.1, 0.15) is 21.5 Å². The predicted octanol–water partition coefficient (Wildman–Crippen LogP) is 2.53. The molecule has 0 bridgehead atoms. The van der Waals surface area contributed by atoms with Gasteiger partial charge in [0.05, 0.1) is 14.2 Å². The number of ether oxygens (including phenoxy) is 2. The Kier molecular flexibility index (Phi) is 3.97. The van der Waals surface area contributed by atoms with Gasteiger partial charge in [-0.05, 0) is 24.1 Å². The van der Waals surface area contributed by atoms with E-state index in [1.807, 2.05) is 13.0 Å². The van der Waals surface area contributed by atoms with E-state index in [0.717, 1.165) is 11.1 Å². The number of benzene rings is 1. The highest BCUT2D eigenvalue weighted by Crippen LogP contribution is 2.26. The molecule has 0 aliphatic rings. The molecule has 0 radical (unpaired) electrons. The molecule has 0 N–H and O–H groups in total. The molecule has 0 aromatic heterocycles. The zero-order valence-corrected chi connectivity index (χ0v) is 9.72. The standard InChI is InChI=1S/C11H13ClO3/c1-7-4-8(6-12)5-9(10(7)14-2)11(13)15-3/h4-5H,6H2,1-3H3. The van der Waals surface area contributed by atoms with Gasteiger partial charge in [0.1, 0.15) is 11.3 Å². The van der Waals surface area contributed by atoms with Crippen molar-refractivity contribution in [1.29, 1.82) is 0 Å². The van der Waals surface area contributed by atoms with Gasteiger partial charge in [-0.25, -0.2) is 4.79 Å². The zero-order valence-electron chi connectivity index (χ0n) is 8.96. The Balaban J connectivity index is 3.32. The lowest BCUT2D eigenvalue weighted by molar-refractivity contribution is 0.0597. The summed E-state index contributed by atoms with van der Waals surface area (Å²) in [5.41, 5.74) is 2.15. The molecule has 1 rings (SSSR count). The molecule has 0 aliphatic carbocycles. The monoisotopic (exact) mass is 228 g/mol. The van der Waals surface area contributed by atoms with Crippen LogP contribution in [0.2, 0.25) is 0 Å². The van der Waals surface area contributed by atoms with Crippen molar-refractivity contribution < 1.29 is 14.3 Å². The van der Waals surface area contributed by atoms with Gasteiger partial charge in [0.15, 0.2) is 0 Å². The second-order valence-corrected chi connectivity index (χ2v) is 3.39. The number of esters is 1. The van der Waals surface area contributed by atoms with Gasteiger partial charge in [0.2, 0.25) is 0 Å². The summed E-state index contributed by atoms with van der Waals surface area (Å²) in [6.45, 7) is 1.86. The smallest absolute Gasteiger partial charge is 0.341 e. The van der Waals surface area contributed by atoms with E-state index in [1.165, 1.54) is 14.2 Å². The van der Waals surface area contributed by atoms with Gasteiger partial charge in [-0.15, -0.1) is 11.6 Å². The van der Waals surface area contributed by atoms with E-state index in [-0.39, 0.29) is 0 Å². The fourth-order valence-electron chi connectivity index (χ4n) is 1.46. The minimum Gasteiger partial charge on any atom is -0.496 e. The number of halogens is 1. The van der Waals surface area contributed by atoms with Gasteiger partial charge in [0, 0.05) is 5.88 Å². The van der Waals surface area contributed by atoms with Crippen LogP contribution in [-0.2, 0) is 10.6 Å². The zero-order chi connectivity index (χ0) is 11.4. The fraction of sp³-hybridized carbons (Fsp3) is 0.364. The van der Waals surface area contributed by atoms with Gasteiger partial charge in [-0.1, -0.05) is 6.07 Å². The van der Waals surface area contributed by atoms with E-state index >= 15 is 0 Å². The van der Waals surface area contributed by atoms with Crippen LogP contribution in [0.4, 0.5) is 0 Å². The van der Waals surface area contributed by atoms with E-state index in [0.29, 0.717) is 17.2 Å². The second-order valence-electron chi connectivity index (χ2n) is 3.12. The summed E-state index contributed by atoms with van der Waals surface area (Å²) in [5.74, 6) is 0.479. The topological polar surface area (TPSA) is 35.5 Å². The van der Waals surface area contributed by atoms with Gasteiger partial charge in [0.25, 0.3) is 0 Å². The third-order valence-electron chi connectivity index (χ3n) is 2.10. The number of methoxy groups -OCH3 is 2. The summed E-state index contributed by atoms with van der Waals surface area (Å²) in [6.07, 6.45) is 0. The van der Waals surface area contributed by atoms with Crippen molar-refractivity contribution in [2.75, 3.05) is 14.2 Å². The van der Waals surface area contributed by atoms with E-state index < -0.39 is 5.97 Å². The van der Waals surface area contributed by atoms with Crippen LogP contribution in [0.5, 0.6) is 5.75 Å². The van der Waals surface area contributed by atoms with Gasteiger partial charge in [-0.2, -0.15) is 0 Å². The van der Waals surface area contributed by atoms with Crippen LogP contribution in [0.15, 0.2) is 12.1 Å². The molecular weight excluding hydrogens is 216 g/mol. The Hall–Kier alpha value is -1.22. The van der Waals surface area contributed by atoms with Gasteiger partial charge >= 0.3 is 5.97 Å². The molecule has 0 aliphatic heterocycles. The Morgan fingerprint density at radius 1 is 1.40 bits per heavy atom. The maximum absolute atomic E-state index is 11.5. The van der Waals surface area contributed by atoms with E-state index in [1.54, 1.807) is 6.07 Å². The molecule has 0 amide bonds. The maximum atomic E-state index is 11.5. The third kappa shape index (κ3) is 2.42. The summed E-state index contributed by atoms with van der Waals surface area (Å²) in [7, 11) is 2.86. The minimum absolute atomic E-state index is 0.356. The van der Waals surface area contributed by atoms with Crippen molar-refractivity contribution in [2.45, 2.75) is 12.8 Å². The number of hydrogen-bond donors (Lipinski definition) is 0. The Bertz CT molecular complexity index is 374. The molecule has 4 heteroatoms. The summed E-state index contributed by atoms with van der Waals surface area (Å²) in [5, 5.41) is 0. The molecular formula is C11H13ClO3. The average Bonchev–Trinajstić information content (AvgIpc) is 2.26. The van der Waals surface area contributed by atoms with E-state index in [4.69, 9.17) is 16.3 Å². The average molecular weight is 229 g/mol. The van der Waals surface area contributed by atoms with Crippen molar-refractivity contribution in [2.24, 2.45) is 0 Å². The Labute approximate surface area is 93.9 Å². The molecule has 0 saturated carbocycles. The molecule has 15 heavy (non-hydrogen) atoms. The largest absolute Gasteiger partial charge is 0.496 e. The van der Waals surface area contributed by atoms with Crippen molar-refractivity contribution in [3.05, 3.63) is 28.8 Å². The molecule has 0 fully saturated rings. The van der Waals surface area contributed by atoms with Crippen LogP contribution >= 0.6 is 11.6 Å². The maximum Gasteiger partial charge on any atom is 0.341 e. The highest BCUT2D eigenvalue weighted by atomic mass is 35.5. The van der Waals surface area contributed by atoms with Crippen LogP contribution in [0.25, 0.3) is 0 Å². The first kappa shape index (κ1) is 11.9. The highest BCUT2D eigenvalue weighted by molar-refractivity contribution is 6.17. The lowest BCUT2D eigenvalue weighted by Gasteiger charge is -2.11. The molecule has 0 heterocycles. The molecule has 0 unspecified atom stereocenters. The van der Waals surface area contributed by atoms with Crippen LogP contribution in [0, 0.1) is 6.92 Å². The quantitative estimate of drug-likeness (QED) is 0.589. The highest BCUT2D eigenvalue weighted by Gasteiger charge is 2.15. The molecule has 0 spiro atoms. The van der Waals surface area contributed by atoms with E-state index in [9.17, 15) is 4.79 Å². The van der Waals surface area contributed by atoms with Crippen LogP contribution in [0.3, 0.4) is 0 Å². The Morgan fingerprint density at radius 3 is 2.53 bits per heavy atom. The van der Waals surface area contributed by atoms with Gasteiger partial charge < -0.3 is 9.47 Å². The first-order chi connectivity index (χ1) is 7.13. The second kappa shape index (κ2) is 5.03. The summed E-state index contributed by atoms with van der Waals surface area (Å²) in [6, 6.07) is 3.57. The third-order valence-corrected chi connectivity index (χ3v) is 2.41. The number of hydrogen-bond acceptors (Lipinski definition) is 3. The van der Waals surface area contributed by atoms with Crippen molar-refractivity contribution in [3.8, 4) is 5.75 Å². The summed E-state index contributed by atoms with van der Waals surface area (Å²) < 4.78 is 9.83. The SMILES string of the molecule is COC(=O)c1cc(CCl)cc(C)c1OC. The molecule has 0 saturated heterocycles. The molecule has 0 atom stereocenters. The van der Waals surface area contributed by atoms with Crippen LogP contribution in [-0.4, -0.2) is 20.2 Å². The van der Waals surface area contributed by atoms with Crippen molar-refractivity contribution >= 4 is 17.6 Å². The number of carbonyl (C=O) groups is 1. The van der Waals surface area contributed by atoms with E-state index in [2.05, 4.69) is 4.74 Å². The predicted molar refractivity (Wildman–Crippen MR) is 58.6 cm³/mol. The van der Waals surface area contributed by atoms with Crippen molar-refractivity contribution in [3.63, 3.8) is 0 Å². The number of carbonyl (C=O) groups excluding carboxylic acids is 1. The Morgan fingerprint density at radius 2 is 2.07 bits per heavy atom. The molecule has 1 aromatic rings. The van der Waals surface area contributed by atoms with Crippen LogP contribution < -0.4 is 4.74 Å². The number of alkyl halides is 1. The van der Waals surface area contributed by atoms with Crippen molar-refractivity contribution in [1.82, 2.24) is 0 Å². The fourth-order valence-corrected chi connectivity index (χ4v) is 1.61. The lowest BCUT2D eigenvalue weighted by Crippen LogP contribution is -2.06. The first-order valence-electron chi connectivity index (χ1n) is 4.45. The molecule has 1 aromatic carbocycles. The minimum atomic E-state index is -0.415. The summed E-state index contributed by atoms with van der Waals surface area (Å²) >= 11 is 5.72. The number of aryl methyl sites for hydroxylation is 1. The number of rotatable bonds is 3.